The third-order valence-corrected chi connectivity index (χ3v) is 6.06. The van der Waals surface area contributed by atoms with E-state index in [-0.39, 0.29) is 5.75 Å². The van der Waals surface area contributed by atoms with Gasteiger partial charge in [0.25, 0.3) is 0 Å². The second-order valence-corrected chi connectivity index (χ2v) is 9.04. The number of carbonyl (C=O) groups excluding carboxylic acids is 1. The predicted octanol–water partition coefficient (Wildman–Crippen LogP) is 3.13. The number of hydrogen-bond acceptors (Lipinski definition) is 4. The molecule has 0 N–H and O–H groups in total. The monoisotopic (exact) mass is 340 g/mol. The summed E-state index contributed by atoms with van der Waals surface area (Å²) in [5.41, 5.74) is 0. The lowest BCUT2D eigenvalue weighted by Gasteiger charge is -2.05. The van der Waals surface area contributed by atoms with Crippen molar-refractivity contribution in [3.63, 3.8) is 0 Å². The minimum absolute atomic E-state index is 0.219. The largest absolute Gasteiger partial charge is 0.748 e. The second kappa shape index (κ2) is 14.9. The van der Waals surface area contributed by atoms with Crippen LogP contribution in [0.15, 0.2) is 0 Å². The molecule has 0 saturated heterocycles. The van der Waals surface area contributed by atoms with Crippen molar-refractivity contribution >= 4 is 26.8 Å². The topological polar surface area (TPSA) is 74.3 Å². The zero-order valence-corrected chi connectivity index (χ0v) is 15.7. The average molecular weight is 341 g/mol. The van der Waals surface area contributed by atoms with E-state index >= 15 is 0 Å². The summed E-state index contributed by atoms with van der Waals surface area (Å²) in [7, 11) is -3.54. The summed E-state index contributed by atoms with van der Waals surface area (Å²) < 4.78 is 29.5. The number of ketones is 1. The van der Waals surface area contributed by atoms with Crippen LogP contribution >= 0.6 is 0 Å². The van der Waals surface area contributed by atoms with Gasteiger partial charge in [-0.1, -0.05) is 40.0 Å². The van der Waals surface area contributed by atoms with Gasteiger partial charge in [0.05, 0.1) is 10.1 Å². The van der Waals surface area contributed by atoms with Gasteiger partial charge in [-0.2, -0.15) is 0 Å². The van der Waals surface area contributed by atoms with E-state index in [0.717, 1.165) is 12.2 Å². The smallest absolute Gasteiger partial charge is 0.178 e. The van der Waals surface area contributed by atoms with E-state index in [1.807, 2.05) is 6.92 Å². The fourth-order valence-electron chi connectivity index (χ4n) is 1.55. The molecule has 0 amide bonds. The van der Waals surface area contributed by atoms with Crippen LogP contribution in [0.1, 0.15) is 66.2 Å². The Morgan fingerprint density at radius 2 is 1.38 bits per heavy atom. The van der Waals surface area contributed by atoms with Gasteiger partial charge in [-0.15, -0.1) is 0 Å². The van der Waals surface area contributed by atoms with Crippen molar-refractivity contribution in [2.24, 2.45) is 0 Å². The van der Waals surface area contributed by atoms with Crippen LogP contribution in [-0.2, 0) is 25.8 Å². The van der Waals surface area contributed by atoms with E-state index in [1.165, 1.54) is 37.2 Å². The molecule has 0 aromatic carbocycles. The van der Waals surface area contributed by atoms with E-state index < -0.39 is 10.1 Å². The number of rotatable bonds is 11. The Balaban J connectivity index is 0. The fourth-order valence-corrected chi connectivity index (χ4v) is 4.66. The molecule has 0 rings (SSSR count). The van der Waals surface area contributed by atoms with Gasteiger partial charge in [0.1, 0.15) is 11.5 Å². The molecule has 4 nitrogen and oxygen atoms in total. The lowest BCUT2D eigenvalue weighted by atomic mass is 10.4. The van der Waals surface area contributed by atoms with Gasteiger partial charge in [0.15, 0.2) is 11.5 Å². The maximum Gasteiger partial charge on any atom is 0.178 e. The highest BCUT2D eigenvalue weighted by atomic mass is 32.2. The molecule has 0 unspecified atom stereocenters. The lowest BCUT2D eigenvalue weighted by Crippen LogP contribution is -2.20. The van der Waals surface area contributed by atoms with Crippen molar-refractivity contribution < 1.29 is 17.8 Å². The summed E-state index contributed by atoms with van der Waals surface area (Å²) in [5, 5.41) is 0. The first-order valence-electron chi connectivity index (χ1n) is 7.83. The van der Waals surface area contributed by atoms with Crippen molar-refractivity contribution in [2.45, 2.75) is 66.2 Å². The van der Waals surface area contributed by atoms with Gasteiger partial charge in [0, 0.05) is 5.75 Å². The van der Waals surface area contributed by atoms with Crippen LogP contribution in [0.4, 0.5) is 0 Å². The highest BCUT2D eigenvalue weighted by Gasteiger charge is 2.18. The predicted molar refractivity (Wildman–Crippen MR) is 91.9 cm³/mol. The Morgan fingerprint density at radius 1 is 0.952 bits per heavy atom. The third kappa shape index (κ3) is 22.4. The van der Waals surface area contributed by atoms with Crippen LogP contribution in [0.3, 0.4) is 0 Å². The molecule has 0 aliphatic heterocycles. The maximum atomic E-state index is 11.0. The van der Waals surface area contributed by atoms with E-state index in [9.17, 15) is 17.8 Å². The van der Waals surface area contributed by atoms with E-state index in [1.54, 1.807) is 6.92 Å². The quantitative estimate of drug-likeness (QED) is 0.428. The first kappa shape index (κ1) is 23.2. The van der Waals surface area contributed by atoms with Gasteiger partial charge in [-0.3, -0.25) is 4.79 Å². The normalized spacial score (nSPS) is 11.1. The molecule has 6 heteroatoms. The van der Waals surface area contributed by atoms with Crippen LogP contribution < -0.4 is 0 Å². The number of carbonyl (C=O) groups is 1. The van der Waals surface area contributed by atoms with Gasteiger partial charge >= 0.3 is 0 Å². The minimum Gasteiger partial charge on any atom is -0.748 e. The Morgan fingerprint density at radius 3 is 1.62 bits per heavy atom. The average Bonchev–Trinajstić information content (AvgIpc) is 2.39. The zero-order valence-electron chi connectivity index (χ0n) is 14.0. The molecule has 0 bridgehead atoms. The summed E-state index contributed by atoms with van der Waals surface area (Å²) in [4.78, 5) is 11.0. The summed E-state index contributed by atoms with van der Waals surface area (Å²) in [6, 6.07) is 0. The van der Waals surface area contributed by atoms with Gasteiger partial charge in [-0.25, -0.2) is 8.42 Å². The standard InChI is InChI=1S/C11H23OS.C4H10O3S/c1-4-6-8-13(9-7-5-2)10-11(3)12;1-2-3-4-8(5,6)7/h4-10H2,1-3H3;2-4H2,1H3,(H,5,6,7)/q+1;/p-1. The summed E-state index contributed by atoms with van der Waals surface area (Å²) >= 11 is 0. The highest BCUT2D eigenvalue weighted by molar-refractivity contribution is 7.97. The Labute approximate surface area is 134 Å². The van der Waals surface area contributed by atoms with Crippen molar-refractivity contribution in [2.75, 3.05) is 23.0 Å². The summed E-state index contributed by atoms with van der Waals surface area (Å²) in [6.45, 7) is 7.99. The molecule has 0 aromatic heterocycles. The molecule has 0 radical (unpaired) electrons. The van der Waals surface area contributed by atoms with Crippen molar-refractivity contribution in [3.8, 4) is 0 Å². The van der Waals surface area contributed by atoms with E-state index in [2.05, 4.69) is 13.8 Å². The molecule has 21 heavy (non-hydrogen) atoms. The van der Waals surface area contributed by atoms with E-state index in [4.69, 9.17) is 0 Å². The van der Waals surface area contributed by atoms with Crippen LogP contribution in [0.5, 0.6) is 0 Å². The van der Waals surface area contributed by atoms with Crippen molar-refractivity contribution in [1.82, 2.24) is 0 Å². The number of Topliss-reactive ketones (excluding diaryl/α,β-unsaturated/α-hetero) is 1. The first-order valence-corrected chi connectivity index (χ1v) is 11.1. The van der Waals surface area contributed by atoms with Crippen molar-refractivity contribution in [1.29, 1.82) is 0 Å². The molecule has 0 aliphatic rings. The second-order valence-electron chi connectivity index (χ2n) is 5.19. The van der Waals surface area contributed by atoms with Crippen LogP contribution in [0, 0.1) is 0 Å². The minimum atomic E-state index is -3.94. The van der Waals surface area contributed by atoms with Gasteiger partial charge in [-0.05, 0) is 37.1 Å². The molecule has 0 atom stereocenters. The maximum absolute atomic E-state index is 11.0. The fraction of sp³-hybridized carbons (Fsp3) is 0.933. The molecule has 0 spiro atoms. The van der Waals surface area contributed by atoms with Crippen LogP contribution in [0.2, 0.25) is 0 Å². The molecule has 0 fully saturated rings. The Hall–Kier alpha value is -0.0700. The lowest BCUT2D eigenvalue weighted by molar-refractivity contribution is -0.114. The highest BCUT2D eigenvalue weighted by Crippen LogP contribution is 2.05. The first-order chi connectivity index (χ1) is 9.76. The molecule has 0 aromatic rings. The van der Waals surface area contributed by atoms with Crippen LogP contribution in [-0.4, -0.2) is 41.8 Å². The van der Waals surface area contributed by atoms with Gasteiger partial charge < -0.3 is 4.55 Å². The van der Waals surface area contributed by atoms with Gasteiger partial charge in [0.2, 0.25) is 0 Å². The van der Waals surface area contributed by atoms with E-state index in [0.29, 0.717) is 23.1 Å². The Kier molecular flexibility index (Phi) is 16.4. The number of hydrogen-bond donors (Lipinski definition) is 0. The molecular weight excluding hydrogens is 308 g/mol. The SMILES string of the molecule is CCCCS(=O)(=O)[O-].CCCC[S+](CCCC)CC(C)=O. The summed E-state index contributed by atoms with van der Waals surface area (Å²) in [5.74, 6) is 3.53. The number of unbranched alkanes of at least 4 members (excludes halogenated alkanes) is 3. The van der Waals surface area contributed by atoms with Crippen molar-refractivity contribution in [3.05, 3.63) is 0 Å². The zero-order chi connectivity index (χ0) is 16.7. The summed E-state index contributed by atoms with van der Waals surface area (Å²) in [6.07, 6.45) is 6.33. The Bertz CT molecular complexity index is 332. The van der Waals surface area contributed by atoms with Crippen LogP contribution in [0.25, 0.3) is 0 Å². The third-order valence-electron chi connectivity index (χ3n) is 2.73. The molecular formula is C15H32O4S2. The molecule has 0 aliphatic carbocycles. The molecule has 128 valence electrons. The molecule has 0 heterocycles. The molecule has 0 saturated carbocycles.